The highest BCUT2D eigenvalue weighted by atomic mass is 32.1. The van der Waals surface area contributed by atoms with Crippen LogP contribution in [0.25, 0.3) is 10.6 Å². The predicted molar refractivity (Wildman–Crippen MR) is 143 cm³/mol. The van der Waals surface area contributed by atoms with E-state index in [1.54, 1.807) is 11.3 Å². The molecular weight excluding hydrogens is 474 g/mol. The number of thiazole rings is 1. The lowest BCUT2D eigenvalue weighted by molar-refractivity contribution is -0.137. The van der Waals surface area contributed by atoms with E-state index in [0.29, 0.717) is 25.7 Å². The van der Waals surface area contributed by atoms with Crippen LogP contribution in [0.15, 0.2) is 41.8 Å². The number of nitrogens with zero attached hydrogens (tertiary/aromatic N) is 1. The van der Waals surface area contributed by atoms with Crippen LogP contribution in [0.2, 0.25) is 0 Å². The summed E-state index contributed by atoms with van der Waals surface area (Å²) in [7, 11) is 0. The standard InChI is InChI=1S/C29H35NO5S/c1-3-6-22-16-23(29-30-27(19-36-29)35-13-4-2)9-12-26(22)34-15-5-14-33-24-10-11-25-20(17-24)7-8-21(25)18-28(31)32/h9-12,16-17,19,21H,3-8,13-15,18H2,1-2H3,(H,31,32)/t21-/m0/s1. The van der Waals surface area contributed by atoms with Crippen molar-refractivity contribution < 1.29 is 24.1 Å². The van der Waals surface area contributed by atoms with Gasteiger partial charge in [0.25, 0.3) is 0 Å². The molecule has 192 valence electrons. The van der Waals surface area contributed by atoms with Gasteiger partial charge in [-0.05, 0) is 78.6 Å². The van der Waals surface area contributed by atoms with Crippen molar-refractivity contribution in [1.29, 1.82) is 0 Å². The number of benzene rings is 2. The van der Waals surface area contributed by atoms with Crippen LogP contribution >= 0.6 is 11.3 Å². The Kier molecular flexibility index (Phi) is 9.23. The second kappa shape index (κ2) is 12.8. The van der Waals surface area contributed by atoms with E-state index in [0.717, 1.165) is 66.2 Å². The Morgan fingerprint density at radius 3 is 2.72 bits per heavy atom. The van der Waals surface area contributed by atoms with Crippen molar-refractivity contribution in [3.8, 4) is 28.0 Å². The summed E-state index contributed by atoms with van der Waals surface area (Å²) in [5.41, 5.74) is 4.65. The summed E-state index contributed by atoms with van der Waals surface area (Å²) >= 11 is 1.60. The maximum absolute atomic E-state index is 11.1. The number of aliphatic carboxylic acids is 1. The fourth-order valence-corrected chi connectivity index (χ4v) is 5.35. The Hall–Kier alpha value is -3.06. The second-order valence-corrected chi connectivity index (χ2v) is 10.0. The number of fused-ring (bicyclic) bond motifs is 1. The maximum atomic E-state index is 11.1. The molecule has 36 heavy (non-hydrogen) atoms. The molecule has 1 aliphatic rings. The predicted octanol–water partition coefficient (Wildman–Crippen LogP) is 6.90. The average molecular weight is 510 g/mol. The molecule has 3 aromatic rings. The van der Waals surface area contributed by atoms with E-state index in [2.05, 4.69) is 37.0 Å². The lowest BCUT2D eigenvalue weighted by Gasteiger charge is -2.13. The molecule has 0 bridgehead atoms. The molecule has 1 atom stereocenters. The molecule has 0 fully saturated rings. The van der Waals surface area contributed by atoms with Gasteiger partial charge in [-0.15, -0.1) is 11.3 Å². The van der Waals surface area contributed by atoms with Crippen molar-refractivity contribution in [3.05, 3.63) is 58.5 Å². The van der Waals surface area contributed by atoms with Crippen molar-refractivity contribution in [2.75, 3.05) is 19.8 Å². The van der Waals surface area contributed by atoms with Crippen molar-refractivity contribution in [2.45, 2.75) is 64.7 Å². The molecule has 0 radical (unpaired) electrons. The number of carboxylic acid groups (broad SMARTS) is 1. The molecule has 1 N–H and O–H groups in total. The zero-order valence-corrected chi connectivity index (χ0v) is 21.9. The zero-order valence-electron chi connectivity index (χ0n) is 21.1. The summed E-state index contributed by atoms with van der Waals surface area (Å²) in [5, 5.41) is 12.0. The fourth-order valence-electron chi connectivity index (χ4n) is 4.61. The minimum Gasteiger partial charge on any atom is -0.493 e. The van der Waals surface area contributed by atoms with Gasteiger partial charge in [0, 0.05) is 12.0 Å². The fraction of sp³-hybridized carbons (Fsp3) is 0.448. The zero-order chi connectivity index (χ0) is 25.3. The number of hydrogen-bond donors (Lipinski definition) is 1. The van der Waals surface area contributed by atoms with E-state index < -0.39 is 5.97 Å². The molecule has 1 aliphatic carbocycles. The van der Waals surface area contributed by atoms with Crippen LogP contribution in [0.3, 0.4) is 0 Å². The Labute approximate surface area is 217 Å². The molecule has 0 saturated carbocycles. The number of aryl methyl sites for hydroxylation is 2. The van der Waals surface area contributed by atoms with E-state index in [1.165, 1.54) is 11.1 Å². The Morgan fingerprint density at radius 2 is 1.92 bits per heavy atom. The van der Waals surface area contributed by atoms with Crippen molar-refractivity contribution in [1.82, 2.24) is 4.98 Å². The third kappa shape index (κ3) is 6.78. The molecule has 1 heterocycles. The van der Waals surface area contributed by atoms with Gasteiger partial charge in [-0.2, -0.15) is 0 Å². The first kappa shape index (κ1) is 26.0. The van der Waals surface area contributed by atoms with Crippen LogP contribution in [0.1, 0.15) is 68.6 Å². The number of rotatable bonds is 14. The van der Waals surface area contributed by atoms with Gasteiger partial charge in [0.2, 0.25) is 5.88 Å². The molecule has 7 heteroatoms. The van der Waals surface area contributed by atoms with Crippen LogP contribution in [0.4, 0.5) is 0 Å². The monoisotopic (exact) mass is 509 g/mol. The van der Waals surface area contributed by atoms with Gasteiger partial charge in [0.1, 0.15) is 16.5 Å². The van der Waals surface area contributed by atoms with Gasteiger partial charge < -0.3 is 19.3 Å². The highest BCUT2D eigenvalue weighted by molar-refractivity contribution is 7.13. The van der Waals surface area contributed by atoms with Crippen molar-refractivity contribution >= 4 is 17.3 Å². The molecule has 1 aromatic heterocycles. The Balaban J connectivity index is 1.28. The first-order chi connectivity index (χ1) is 17.6. The summed E-state index contributed by atoms with van der Waals surface area (Å²) in [6.07, 6.45) is 5.74. The third-order valence-corrected chi connectivity index (χ3v) is 7.19. The van der Waals surface area contributed by atoms with Crippen molar-refractivity contribution in [3.63, 3.8) is 0 Å². The molecule has 0 saturated heterocycles. The van der Waals surface area contributed by atoms with Gasteiger partial charge >= 0.3 is 5.97 Å². The third-order valence-electron chi connectivity index (χ3n) is 6.32. The lowest BCUT2D eigenvalue weighted by Crippen LogP contribution is -2.07. The SMILES string of the molecule is CCCOc1csc(-c2ccc(OCCCOc3ccc4c(c3)CC[C@H]4CC(=O)O)c(CCC)c2)n1. The van der Waals surface area contributed by atoms with Gasteiger partial charge in [-0.25, -0.2) is 4.98 Å². The first-order valence-corrected chi connectivity index (χ1v) is 13.8. The van der Waals surface area contributed by atoms with Gasteiger partial charge in [-0.3, -0.25) is 4.79 Å². The van der Waals surface area contributed by atoms with Crippen LogP contribution in [0, 0.1) is 0 Å². The number of carboxylic acids is 1. The highest BCUT2D eigenvalue weighted by Crippen LogP contribution is 2.37. The van der Waals surface area contributed by atoms with Gasteiger partial charge in [0.05, 0.1) is 31.6 Å². The summed E-state index contributed by atoms with van der Waals surface area (Å²) < 4.78 is 17.7. The second-order valence-electron chi connectivity index (χ2n) is 9.16. The summed E-state index contributed by atoms with van der Waals surface area (Å²) in [6, 6.07) is 12.3. The molecular formula is C29H35NO5S. The summed E-state index contributed by atoms with van der Waals surface area (Å²) in [6.45, 7) is 6.08. The summed E-state index contributed by atoms with van der Waals surface area (Å²) in [5.74, 6) is 1.83. The van der Waals surface area contributed by atoms with E-state index in [1.807, 2.05) is 23.6 Å². The largest absolute Gasteiger partial charge is 0.493 e. The smallest absolute Gasteiger partial charge is 0.303 e. The molecule has 0 amide bonds. The van der Waals surface area contributed by atoms with Gasteiger partial charge in [0.15, 0.2) is 0 Å². The van der Waals surface area contributed by atoms with Crippen LogP contribution < -0.4 is 14.2 Å². The molecule has 0 unspecified atom stereocenters. The Bertz CT molecular complexity index is 1160. The number of carbonyl (C=O) groups is 1. The molecule has 0 aliphatic heterocycles. The Morgan fingerprint density at radius 1 is 1.06 bits per heavy atom. The number of ether oxygens (including phenoxy) is 3. The molecule has 2 aromatic carbocycles. The topological polar surface area (TPSA) is 77.9 Å². The lowest BCUT2D eigenvalue weighted by atomic mass is 9.98. The van der Waals surface area contributed by atoms with E-state index >= 15 is 0 Å². The quantitative estimate of drug-likeness (QED) is 0.238. The van der Waals surface area contributed by atoms with E-state index in [-0.39, 0.29) is 12.3 Å². The van der Waals surface area contributed by atoms with Gasteiger partial charge in [-0.1, -0.05) is 26.3 Å². The van der Waals surface area contributed by atoms with Crippen molar-refractivity contribution in [2.24, 2.45) is 0 Å². The normalized spacial score (nSPS) is 14.4. The first-order valence-electron chi connectivity index (χ1n) is 12.9. The average Bonchev–Trinajstić information content (AvgIpc) is 3.50. The van der Waals surface area contributed by atoms with Crippen LogP contribution in [-0.4, -0.2) is 35.9 Å². The maximum Gasteiger partial charge on any atom is 0.303 e. The number of aromatic nitrogens is 1. The molecule has 6 nitrogen and oxygen atoms in total. The minimum absolute atomic E-state index is 0.121. The summed E-state index contributed by atoms with van der Waals surface area (Å²) in [4.78, 5) is 15.7. The van der Waals surface area contributed by atoms with E-state index in [9.17, 15) is 4.79 Å². The highest BCUT2D eigenvalue weighted by Gasteiger charge is 2.24. The van der Waals surface area contributed by atoms with Crippen LogP contribution in [-0.2, 0) is 17.6 Å². The van der Waals surface area contributed by atoms with E-state index in [4.69, 9.17) is 19.3 Å². The van der Waals surface area contributed by atoms with Crippen LogP contribution in [0.5, 0.6) is 17.4 Å². The number of hydrogen-bond acceptors (Lipinski definition) is 6. The minimum atomic E-state index is -0.737. The molecule has 4 rings (SSSR count). The molecule has 0 spiro atoms.